The van der Waals surface area contributed by atoms with E-state index in [4.69, 9.17) is 17.3 Å². The van der Waals surface area contributed by atoms with Gasteiger partial charge in [0.2, 0.25) is 5.91 Å². The van der Waals surface area contributed by atoms with E-state index in [-0.39, 0.29) is 11.9 Å². The summed E-state index contributed by atoms with van der Waals surface area (Å²) in [7, 11) is 0. The number of nitrogens with two attached hydrogens (primary N) is 1. The maximum atomic E-state index is 13.6. The second kappa shape index (κ2) is 8.10. The zero-order chi connectivity index (χ0) is 20.4. The van der Waals surface area contributed by atoms with Gasteiger partial charge in [-0.15, -0.1) is 0 Å². The number of fused-ring (bicyclic) bond motifs is 1. The van der Waals surface area contributed by atoms with Gasteiger partial charge < -0.3 is 10.6 Å². The lowest BCUT2D eigenvalue weighted by atomic mass is 9.98. The molecule has 0 saturated heterocycles. The molecule has 0 aromatic heterocycles. The number of rotatable bonds is 5. The van der Waals surface area contributed by atoms with Gasteiger partial charge in [-0.2, -0.15) is 0 Å². The topological polar surface area (TPSA) is 63.4 Å². The largest absolute Gasteiger partial charge is 0.368 e. The predicted molar refractivity (Wildman–Crippen MR) is 114 cm³/mol. The molecular formula is C24H21ClN2O2. The van der Waals surface area contributed by atoms with Gasteiger partial charge in [0.15, 0.2) is 0 Å². The van der Waals surface area contributed by atoms with Gasteiger partial charge in [0.05, 0.1) is 6.04 Å². The maximum absolute atomic E-state index is 13.6. The second-order valence-electron chi connectivity index (χ2n) is 7.19. The SMILES string of the molecule is NC(=O)[C@H](c1ccccc1)N(C(=O)c1ccccc1)[C@@H]1CCc2cc(Cl)ccc21. The van der Waals surface area contributed by atoms with E-state index in [2.05, 4.69) is 0 Å². The van der Waals surface area contributed by atoms with Gasteiger partial charge in [-0.1, -0.05) is 66.2 Å². The number of amides is 2. The molecule has 2 N–H and O–H groups in total. The molecule has 3 aromatic carbocycles. The molecule has 0 spiro atoms. The molecule has 0 aliphatic heterocycles. The van der Waals surface area contributed by atoms with Crippen molar-refractivity contribution in [3.05, 3.63) is 106 Å². The third-order valence-corrected chi connectivity index (χ3v) is 5.64. The fourth-order valence-electron chi connectivity index (χ4n) is 4.12. The Morgan fingerprint density at radius 3 is 2.28 bits per heavy atom. The Kier molecular flexibility index (Phi) is 5.36. The molecule has 146 valence electrons. The smallest absolute Gasteiger partial charge is 0.255 e. The summed E-state index contributed by atoms with van der Waals surface area (Å²) in [6.07, 6.45) is 1.50. The number of primary amides is 1. The zero-order valence-corrected chi connectivity index (χ0v) is 16.5. The highest BCUT2D eigenvalue weighted by Crippen LogP contribution is 2.41. The van der Waals surface area contributed by atoms with Crippen LogP contribution in [0.5, 0.6) is 0 Å². The molecule has 1 aliphatic carbocycles. The highest BCUT2D eigenvalue weighted by atomic mass is 35.5. The number of nitrogens with zero attached hydrogens (tertiary/aromatic N) is 1. The first-order valence-corrected chi connectivity index (χ1v) is 9.94. The number of carbonyl (C=O) groups excluding carboxylic acids is 2. The van der Waals surface area contributed by atoms with E-state index in [0.29, 0.717) is 22.6 Å². The number of carbonyl (C=O) groups is 2. The zero-order valence-electron chi connectivity index (χ0n) is 15.8. The number of aryl methyl sites for hydroxylation is 1. The monoisotopic (exact) mass is 404 g/mol. The van der Waals surface area contributed by atoms with Crippen LogP contribution in [0.2, 0.25) is 5.02 Å². The lowest BCUT2D eigenvalue weighted by molar-refractivity contribution is -0.123. The van der Waals surface area contributed by atoms with E-state index in [0.717, 1.165) is 17.5 Å². The van der Waals surface area contributed by atoms with Crippen LogP contribution in [0.15, 0.2) is 78.9 Å². The molecule has 0 bridgehead atoms. The molecule has 0 saturated carbocycles. The molecule has 4 nitrogen and oxygen atoms in total. The van der Waals surface area contributed by atoms with Gasteiger partial charge in [0.25, 0.3) is 5.91 Å². The van der Waals surface area contributed by atoms with Crippen LogP contribution in [0.3, 0.4) is 0 Å². The van der Waals surface area contributed by atoms with Crippen LogP contribution in [0.1, 0.15) is 45.6 Å². The van der Waals surface area contributed by atoms with Crippen molar-refractivity contribution in [3.8, 4) is 0 Å². The van der Waals surface area contributed by atoms with E-state index in [1.54, 1.807) is 17.0 Å². The molecule has 0 fully saturated rings. The van der Waals surface area contributed by atoms with Crippen molar-refractivity contribution in [1.29, 1.82) is 0 Å². The first-order chi connectivity index (χ1) is 14.1. The average Bonchev–Trinajstić information content (AvgIpc) is 3.15. The summed E-state index contributed by atoms with van der Waals surface area (Å²) in [5.74, 6) is -0.769. The Balaban J connectivity index is 1.84. The minimum atomic E-state index is -0.865. The fraction of sp³-hybridized carbons (Fsp3) is 0.167. The van der Waals surface area contributed by atoms with Crippen molar-refractivity contribution in [2.24, 2.45) is 5.73 Å². The van der Waals surface area contributed by atoms with Gasteiger partial charge in [0.1, 0.15) is 6.04 Å². The summed E-state index contributed by atoms with van der Waals surface area (Å²) in [5.41, 5.74) is 9.19. The van der Waals surface area contributed by atoms with Crippen molar-refractivity contribution in [2.75, 3.05) is 0 Å². The summed E-state index contributed by atoms with van der Waals surface area (Å²) in [5, 5.41) is 0.667. The Bertz CT molecular complexity index is 1040. The van der Waals surface area contributed by atoms with Crippen LogP contribution in [0.4, 0.5) is 0 Å². The molecule has 0 unspecified atom stereocenters. The van der Waals surface area contributed by atoms with Gasteiger partial charge in [-0.05, 0) is 53.8 Å². The van der Waals surface area contributed by atoms with Gasteiger partial charge in [-0.3, -0.25) is 9.59 Å². The molecule has 0 heterocycles. The summed E-state index contributed by atoms with van der Waals surface area (Å²) >= 11 is 6.16. The van der Waals surface area contributed by atoms with Crippen LogP contribution >= 0.6 is 11.6 Å². The minimum Gasteiger partial charge on any atom is -0.368 e. The highest BCUT2D eigenvalue weighted by molar-refractivity contribution is 6.30. The van der Waals surface area contributed by atoms with Crippen LogP contribution in [0.25, 0.3) is 0 Å². The van der Waals surface area contributed by atoms with E-state index >= 15 is 0 Å². The molecule has 0 radical (unpaired) electrons. The Hall–Kier alpha value is -3.11. The lowest BCUT2D eigenvalue weighted by Gasteiger charge is -2.36. The van der Waals surface area contributed by atoms with Crippen molar-refractivity contribution in [2.45, 2.75) is 24.9 Å². The summed E-state index contributed by atoms with van der Waals surface area (Å²) in [6.45, 7) is 0. The third kappa shape index (κ3) is 3.76. The highest BCUT2D eigenvalue weighted by Gasteiger charge is 2.39. The van der Waals surface area contributed by atoms with Crippen molar-refractivity contribution < 1.29 is 9.59 Å². The number of hydrogen-bond donors (Lipinski definition) is 1. The van der Waals surface area contributed by atoms with Crippen LogP contribution in [0, 0.1) is 0 Å². The summed E-state index contributed by atoms with van der Waals surface area (Å²) in [4.78, 5) is 27.9. The van der Waals surface area contributed by atoms with E-state index in [1.165, 1.54) is 0 Å². The molecular weight excluding hydrogens is 384 g/mol. The minimum absolute atomic E-state index is 0.217. The van der Waals surface area contributed by atoms with Gasteiger partial charge in [0, 0.05) is 10.6 Å². The molecule has 3 aromatic rings. The van der Waals surface area contributed by atoms with Crippen LogP contribution in [-0.4, -0.2) is 16.7 Å². The van der Waals surface area contributed by atoms with Crippen LogP contribution < -0.4 is 5.73 Å². The Morgan fingerprint density at radius 1 is 0.966 bits per heavy atom. The Morgan fingerprint density at radius 2 is 1.62 bits per heavy atom. The standard InChI is InChI=1S/C24H21ClN2O2/c25-19-12-13-20-18(15-19)11-14-21(20)27(24(29)17-9-5-2-6-10-17)22(23(26)28)16-7-3-1-4-8-16/h1-10,12-13,15,21-22H,11,14H2,(H2,26,28)/t21-,22+/m1/s1. The van der Waals surface area contributed by atoms with Crippen LogP contribution in [-0.2, 0) is 11.2 Å². The molecule has 2 atom stereocenters. The van der Waals surface area contributed by atoms with E-state index < -0.39 is 11.9 Å². The normalized spacial score (nSPS) is 16.1. The van der Waals surface area contributed by atoms with Gasteiger partial charge >= 0.3 is 0 Å². The quantitative estimate of drug-likeness (QED) is 0.670. The van der Waals surface area contributed by atoms with E-state index in [9.17, 15) is 9.59 Å². The fourth-order valence-corrected chi connectivity index (χ4v) is 4.31. The molecule has 1 aliphatic rings. The average molecular weight is 405 g/mol. The summed E-state index contributed by atoms with van der Waals surface area (Å²) in [6, 6.07) is 22.8. The van der Waals surface area contributed by atoms with Gasteiger partial charge in [-0.25, -0.2) is 0 Å². The first kappa shape index (κ1) is 19.2. The number of hydrogen-bond acceptors (Lipinski definition) is 2. The summed E-state index contributed by atoms with van der Waals surface area (Å²) < 4.78 is 0. The molecule has 2 amide bonds. The van der Waals surface area contributed by atoms with Crippen molar-refractivity contribution in [3.63, 3.8) is 0 Å². The molecule has 5 heteroatoms. The van der Waals surface area contributed by atoms with E-state index in [1.807, 2.05) is 66.7 Å². The molecule has 4 rings (SSSR count). The first-order valence-electron chi connectivity index (χ1n) is 9.56. The maximum Gasteiger partial charge on any atom is 0.255 e. The van der Waals surface area contributed by atoms with Crippen molar-refractivity contribution in [1.82, 2.24) is 4.90 Å². The second-order valence-corrected chi connectivity index (χ2v) is 7.63. The Labute approximate surface area is 174 Å². The van der Waals surface area contributed by atoms with Crippen molar-refractivity contribution >= 4 is 23.4 Å². The lowest BCUT2D eigenvalue weighted by Crippen LogP contribution is -2.43. The number of benzene rings is 3. The molecule has 29 heavy (non-hydrogen) atoms. The number of halogens is 1. The third-order valence-electron chi connectivity index (χ3n) is 5.41. The predicted octanol–water partition coefficient (Wildman–Crippen LogP) is 4.70.